The number of pyridine rings is 1. The van der Waals surface area contributed by atoms with Gasteiger partial charge >= 0.3 is 0 Å². The Balaban J connectivity index is 2.49. The fourth-order valence-electron chi connectivity index (χ4n) is 1.28. The molecular formula is C8H9ClN2O. The van der Waals surface area contributed by atoms with Crippen LogP contribution in [0.2, 0.25) is 5.15 Å². The molecule has 0 unspecified atom stereocenters. The Labute approximate surface area is 75.5 Å². The number of anilines is 1. The Morgan fingerprint density at radius 2 is 2.42 bits per heavy atom. The molecule has 0 aliphatic carbocycles. The van der Waals surface area contributed by atoms with E-state index >= 15 is 0 Å². The van der Waals surface area contributed by atoms with Crippen molar-refractivity contribution in [3.05, 3.63) is 22.5 Å². The molecule has 0 fully saturated rings. The van der Waals surface area contributed by atoms with Crippen molar-refractivity contribution in [2.24, 2.45) is 0 Å². The molecular weight excluding hydrogens is 176 g/mol. The fraction of sp³-hybridized carbons (Fsp3) is 0.375. The number of aromatic nitrogens is 1. The molecule has 0 amide bonds. The standard InChI is InChI=1S/C8H9ClN2O/c9-8-6(10)3-5-4-12-2-1-7(5)11-8/h3H,1-2,4,10H2. The van der Waals surface area contributed by atoms with Crippen LogP contribution < -0.4 is 5.73 Å². The summed E-state index contributed by atoms with van der Waals surface area (Å²) in [4.78, 5) is 4.17. The van der Waals surface area contributed by atoms with Gasteiger partial charge in [0, 0.05) is 12.0 Å². The molecule has 12 heavy (non-hydrogen) atoms. The van der Waals surface area contributed by atoms with Gasteiger partial charge in [0.05, 0.1) is 24.6 Å². The summed E-state index contributed by atoms with van der Waals surface area (Å²) in [6.07, 6.45) is 0.829. The normalized spacial score (nSPS) is 15.8. The maximum absolute atomic E-state index is 5.77. The Morgan fingerprint density at radius 3 is 3.25 bits per heavy atom. The minimum atomic E-state index is 0.399. The molecule has 3 nitrogen and oxygen atoms in total. The number of ether oxygens (including phenoxy) is 1. The number of hydrogen-bond acceptors (Lipinski definition) is 3. The van der Waals surface area contributed by atoms with E-state index in [-0.39, 0.29) is 0 Å². The van der Waals surface area contributed by atoms with E-state index in [9.17, 15) is 0 Å². The summed E-state index contributed by atoms with van der Waals surface area (Å²) in [5.74, 6) is 0. The highest BCUT2D eigenvalue weighted by atomic mass is 35.5. The molecule has 0 saturated heterocycles. The monoisotopic (exact) mass is 184 g/mol. The lowest BCUT2D eigenvalue weighted by Gasteiger charge is -2.15. The zero-order chi connectivity index (χ0) is 8.55. The van der Waals surface area contributed by atoms with Crippen molar-refractivity contribution < 1.29 is 4.74 Å². The van der Waals surface area contributed by atoms with Gasteiger partial charge in [0.2, 0.25) is 0 Å². The third kappa shape index (κ3) is 1.26. The molecule has 0 atom stereocenters. The van der Waals surface area contributed by atoms with E-state index in [2.05, 4.69) is 4.98 Å². The molecule has 0 aromatic carbocycles. The van der Waals surface area contributed by atoms with Crippen LogP contribution in [0.15, 0.2) is 6.07 Å². The molecule has 64 valence electrons. The molecule has 0 spiro atoms. The van der Waals surface area contributed by atoms with Crippen molar-refractivity contribution in [3.8, 4) is 0 Å². The van der Waals surface area contributed by atoms with Gasteiger partial charge in [-0.3, -0.25) is 0 Å². The second-order valence-corrected chi connectivity index (χ2v) is 3.13. The summed E-state index contributed by atoms with van der Waals surface area (Å²) in [6, 6.07) is 1.84. The van der Waals surface area contributed by atoms with Crippen LogP contribution in [0.5, 0.6) is 0 Å². The summed E-state index contributed by atoms with van der Waals surface area (Å²) in [6.45, 7) is 1.32. The zero-order valence-electron chi connectivity index (χ0n) is 6.51. The topological polar surface area (TPSA) is 48.1 Å². The van der Waals surface area contributed by atoms with Gasteiger partial charge in [-0.1, -0.05) is 11.6 Å². The highest BCUT2D eigenvalue weighted by molar-refractivity contribution is 6.31. The predicted octanol–water partition coefficient (Wildman–Crippen LogP) is 1.39. The smallest absolute Gasteiger partial charge is 0.152 e. The fourth-order valence-corrected chi connectivity index (χ4v) is 1.43. The Bertz CT molecular complexity index is 283. The van der Waals surface area contributed by atoms with Crippen LogP contribution >= 0.6 is 11.6 Å². The van der Waals surface area contributed by atoms with Gasteiger partial charge in [-0.25, -0.2) is 4.98 Å². The first-order chi connectivity index (χ1) is 5.77. The number of nitrogens with two attached hydrogens (primary N) is 1. The second kappa shape index (κ2) is 2.92. The van der Waals surface area contributed by atoms with Crippen LogP contribution in [0, 0.1) is 0 Å². The number of rotatable bonds is 0. The lowest BCUT2D eigenvalue weighted by Crippen LogP contribution is -2.12. The summed E-state index contributed by atoms with van der Waals surface area (Å²) in [5.41, 5.74) is 8.20. The molecule has 0 bridgehead atoms. The first-order valence-corrected chi connectivity index (χ1v) is 4.16. The second-order valence-electron chi connectivity index (χ2n) is 2.78. The average Bonchev–Trinajstić information content (AvgIpc) is 2.07. The maximum Gasteiger partial charge on any atom is 0.152 e. The number of nitrogen functional groups attached to an aromatic ring is 1. The molecule has 2 heterocycles. The third-order valence-corrected chi connectivity index (χ3v) is 2.22. The van der Waals surface area contributed by atoms with Crippen molar-refractivity contribution in [1.29, 1.82) is 0 Å². The van der Waals surface area contributed by atoms with Gasteiger partial charge in [-0.15, -0.1) is 0 Å². The van der Waals surface area contributed by atoms with Crippen LogP contribution in [0.1, 0.15) is 11.3 Å². The quantitative estimate of drug-likeness (QED) is 0.620. The van der Waals surface area contributed by atoms with E-state index in [1.807, 2.05) is 6.07 Å². The van der Waals surface area contributed by atoms with Gasteiger partial charge in [0.1, 0.15) is 0 Å². The maximum atomic E-state index is 5.77. The lowest BCUT2D eigenvalue weighted by atomic mass is 10.1. The van der Waals surface area contributed by atoms with Crippen LogP contribution in [0.25, 0.3) is 0 Å². The van der Waals surface area contributed by atoms with Crippen molar-refractivity contribution >= 4 is 17.3 Å². The summed E-state index contributed by atoms with van der Waals surface area (Å²) in [7, 11) is 0. The van der Waals surface area contributed by atoms with Crippen LogP contribution in [-0.2, 0) is 17.8 Å². The van der Waals surface area contributed by atoms with Gasteiger partial charge in [-0.05, 0) is 6.07 Å². The lowest BCUT2D eigenvalue weighted by molar-refractivity contribution is 0.109. The summed E-state index contributed by atoms with van der Waals surface area (Å²) in [5, 5.41) is 0.399. The van der Waals surface area contributed by atoms with Gasteiger partial charge in [0.15, 0.2) is 5.15 Å². The molecule has 1 aromatic rings. The number of nitrogens with zero attached hydrogens (tertiary/aromatic N) is 1. The molecule has 1 aromatic heterocycles. The number of hydrogen-bond donors (Lipinski definition) is 1. The Kier molecular flexibility index (Phi) is 1.90. The highest BCUT2D eigenvalue weighted by Crippen LogP contribution is 2.22. The largest absolute Gasteiger partial charge is 0.396 e. The summed E-state index contributed by atoms with van der Waals surface area (Å²) >= 11 is 5.77. The Morgan fingerprint density at radius 1 is 1.58 bits per heavy atom. The van der Waals surface area contributed by atoms with Crippen molar-refractivity contribution in [1.82, 2.24) is 4.98 Å². The van der Waals surface area contributed by atoms with Crippen molar-refractivity contribution in [3.63, 3.8) is 0 Å². The van der Waals surface area contributed by atoms with E-state index in [0.29, 0.717) is 17.4 Å². The van der Waals surface area contributed by atoms with Crippen molar-refractivity contribution in [2.45, 2.75) is 13.0 Å². The van der Waals surface area contributed by atoms with Crippen LogP contribution in [-0.4, -0.2) is 11.6 Å². The highest BCUT2D eigenvalue weighted by Gasteiger charge is 2.12. The molecule has 4 heteroatoms. The molecule has 1 aliphatic rings. The number of halogens is 1. The predicted molar refractivity (Wildman–Crippen MR) is 47.0 cm³/mol. The molecule has 2 rings (SSSR count). The Hall–Kier alpha value is -0.800. The van der Waals surface area contributed by atoms with Gasteiger partial charge in [-0.2, -0.15) is 0 Å². The molecule has 2 N–H and O–H groups in total. The minimum Gasteiger partial charge on any atom is -0.396 e. The van der Waals surface area contributed by atoms with E-state index in [4.69, 9.17) is 22.1 Å². The average molecular weight is 185 g/mol. The zero-order valence-corrected chi connectivity index (χ0v) is 7.27. The van der Waals surface area contributed by atoms with E-state index in [0.717, 1.165) is 24.3 Å². The SMILES string of the molecule is Nc1cc2c(nc1Cl)CCOC2. The van der Waals surface area contributed by atoms with E-state index < -0.39 is 0 Å². The van der Waals surface area contributed by atoms with Crippen LogP contribution in [0.3, 0.4) is 0 Å². The van der Waals surface area contributed by atoms with Crippen molar-refractivity contribution in [2.75, 3.05) is 12.3 Å². The molecule has 0 saturated carbocycles. The molecule has 1 aliphatic heterocycles. The van der Waals surface area contributed by atoms with Gasteiger partial charge < -0.3 is 10.5 Å². The third-order valence-electron chi connectivity index (χ3n) is 1.91. The minimum absolute atomic E-state index is 0.399. The first kappa shape index (κ1) is 7.83. The van der Waals surface area contributed by atoms with E-state index in [1.54, 1.807) is 0 Å². The number of fused-ring (bicyclic) bond motifs is 1. The van der Waals surface area contributed by atoms with E-state index in [1.165, 1.54) is 0 Å². The van der Waals surface area contributed by atoms with Crippen LogP contribution in [0.4, 0.5) is 5.69 Å². The molecule has 0 radical (unpaired) electrons. The summed E-state index contributed by atoms with van der Waals surface area (Å²) < 4.78 is 5.25. The first-order valence-electron chi connectivity index (χ1n) is 3.79. The van der Waals surface area contributed by atoms with Gasteiger partial charge in [0.25, 0.3) is 0 Å².